The summed E-state index contributed by atoms with van der Waals surface area (Å²) in [5, 5.41) is 7.50. The topological polar surface area (TPSA) is 59.7 Å². The van der Waals surface area contributed by atoms with Crippen LogP contribution in [0.2, 0.25) is 0 Å². The molecular formula is C58H48N6Si. The molecule has 2 aliphatic rings. The van der Waals surface area contributed by atoms with Crippen LogP contribution >= 0.6 is 0 Å². The lowest BCUT2D eigenvalue weighted by Crippen LogP contribution is -2.74. The van der Waals surface area contributed by atoms with Gasteiger partial charge < -0.3 is 4.90 Å². The van der Waals surface area contributed by atoms with E-state index in [0.29, 0.717) is 17.7 Å². The Kier molecular flexibility index (Phi) is 9.24. The van der Waals surface area contributed by atoms with Crippen molar-refractivity contribution >= 4 is 62.3 Å². The van der Waals surface area contributed by atoms with Gasteiger partial charge in [-0.25, -0.2) is 0 Å². The van der Waals surface area contributed by atoms with Gasteiger partial charge in [-0.05, 0) is 75.4 Å². The number of rotatable bonds is 8. The highest BCUT2D eigenvalue weighted by Crippen LogP contribution is 2.60. The monoisotopic (exact) mass is 856 g/mol. The molecule has 12 rings (SSSR count). The molecule has 0 radical (unpaired) electrons. The minimum Gasteiger partial charge on any atom is -0.302 e. The van der Waals surface area contributed by atoms with Crippen LogP contribution in [0.15, 0.2) is 207 Å². The average molecular weight is 857 g/mol. The molecule has 1 fully saturated rings. The Morgan fingerprint density at radius 3 is 1.66 bits per heavy atom. The summed E-state index contributed by atoms with van der Waals surface area (Å²) in [4.78, 5) is 23.8. The van der Waals surface area contributed by atoms with Crippen LogP contribution in [0, 0.1) is 0 Å². The van der Waals surface area contributed by atoms with Crippen molar-refractivity contribution in [3.05, 3.63) is 212 Å². The van der Waals surface area contributed by atoms with Crippen LogP contribution in [0.4, 0.5) is 11.6 Å². The predicted molar refractivity (Wildman–Crippen MR) is 269 cm³/mol. The van der Waals surface area contributed by atoms with Gasteiger partial charge in [0.15, 0.2) is 13.9 Å². The molecule has 10 aromatic rings. The van der Waals surface area contributed by atoms with Crippen LogP contribution in [0.25, 0.3) is 50.3 Å². The summed E-state index contributed by atoms with van der Waals surface area (Å²) in [5.41, 5.74) is 7.47. The van der Waals surface area contributed by atoms with Crippen molar-refractivity contribution in [2.45, 2.75) is 50.5 Å². The van der Waals surface area contributed by atoms with E-state index in [0.717, 1.165) is 52.3 Å². The molecule has 0 N–H and O–H groups in total. The fraction of sp³-hybridized carbons (Fsp3) is 0.138. The fourth-order valence-electron chi connectivity index (χ4n) is 11.6. The molecule has 4 heterocycles. The first-order chi connectivity index (χ1) is 32.0. The minimum atomic E-state index is -2.99. The molecule has 314 valence electrons. The molecule has 7 aromatic carbocycles. The number of pyridine rings is 1. The van der Waals surface area contributed by atoms with Gasteiger partial charge in [-0.1, -0.05) is 196 Å². The summed E-state index contributed by atoms with van der Waals surface area (Å²) >= 11 is 0. The van der Waals surface area contributed by atoms with Gasteiger partial charge in [0.1, 0.15) is 0 Å². The van der Waals surface area contributed by atoms with E-state index in [9.17, 15) is 0 Å². The first-order valence-corrected chi connectivity index (χ1v) is 24.8. The Labute approximate surface area is 381 Å². The smallest absolute Gasteiger partial charge is 0.240 e. The minimum absolute atomic E-state index is 0.103. The van der Waals surface area contributed by atoms with Crippen molar-refractivity contribution in [1.29, 1.82) is 0 Å². The maximum Gasteiger partial charge on any atom is 0.240 e. The Bertz CT molecular complexity index is 3300. The normalized spacial score (nSPS) is 18.2. The Hall–Kier alpha value is -7.48. The third-order valence-electron chi connectivity index (χ3n) is 14.9. The van der Waals surface area contributed by atoms with Gasteiger partial charge >= 0.3 is 0 Å². The van der Waals surface area contributed by atoms with Crippen molar-refractivity contribution in [3.63, 3.8) is 0 Å². The number of hydrogen-bond acceptors (Lipinski definition) is 5. The van der Waals surface area contributed by atoms with Gasteiger partial charge in [-0.15, -0.1) is 0 Å². The number of anilines is 2. The maximum absolute atomic E-state index is 5.60. The quantitative estimate of drug-likeness (QED) is 0.113. The number of fused-ring (bicyclic) bond motifs is 6. The zero-order valence-corrected chi connectivity index (χ0v) is 37.6. The molecule has 65 heavy (non-hydrogen) atoms. The van der Waals surface area contributed by atoms with Gasteiger partial charge in [0, 0.05) is 27.9 Å². The Morgan fingerprint density at radius 1 is 0.477 bits per heavy atom. The van der Waals surface area contributed by atoms with Crippen molar-refractivity contribution < 1.29 is 0 Å². The van der Waals surface area contributed by atoms with Gasteiger partial charge in [0.05, 0.1) is 28.5 Å². The van der Waals surface area contributed by atoms with Crippen molar-refractivity contribution in [1.82, 2.24) is 24.5 Å². The molecule has 0 bridgehead atoms. The van der Waals surface area contributed by atoms with E-state index >= 15 is 0 Å². The van der Waals surface area contributed by atoms with Gasteiger partial charge in [-0.2, -0.15) is 15.0 Å². The fourth-order valence-corrected chi connectivity index (χ4v) is 16.4. The average Bonchev–Trinajstić information content (AvgIpc) is 3.82. The van der Waals surface area contributed by atoms with Crippen LogP contribution in [0.3, 0.4) is 0 Å². The molecule has 7 heteroatoms. The van der Waals surface area contributed by atoms with Gasteiger partial charge in [0.25, 0.3) is 0 Å². The number of benzene rings is 7. The standard InChI is InChI=1S/C58H48N6Si/c1-57-35-16-17-36-58(57,2)64(53-40-59-37-34-50(53)57)56-61-54(60-55(62-56)63-51-32-14-12-30-48(51)49-31-13-15-33-52(49)63)43-23-19-29-47(39-43)65(44-24-8-4-9-25-44,45-26-10-5-11-27-45)46-28-18-22-42(38-46)41-20-6-3-7-21-41/h3-15,18-34,37-40H,16-17,35-36H2,1-2H3. The first-order valence-electron chi connectivity index (χ1n) is 22.8. The highest BCUT2D eigenvalue weighted by atomic mass is 28.3. The second-order valence-electron chi connectivity index (χ2n) is 18.2. The van der Waals surface area contributed by atoms with E-state index in [1.807, 2.05) is 12.4 Å². The molecule has 3 aromatic heterocycles. The lowest BCUT2D eigenvalue weighted by Gasteiger charge is -2.49. The summed E-state index contributed by atoms with van der Waals surface area (Å²) in [6.07, 6.45) is 8.41. The van der Waals surface area contributed by atoms with Crippen LogP contribution in [-0.2, 0) is 5.41 Å². The van der Waals surface area contributed by atoms with Gasteiger partial charge in [0.2, 0.25) is 11.9 Å². The molecule has 2 atom stereocenters. The van der Waals surface area contributed by atoms with E-state index in [1.165, 1.54) is 43.9 Å². The predicted octanol–water partition coefficient (Wildman–Crippen LogP) is 10.8. The van der Waals surface area contributed by atoms with Crippen LogP contribution in [0.5, 0.6) is 0 Å². The first kappa shape index (κ1) is 39.1. The second-order valence-corrected chi connectivity index (χ2v) is 22.0. The number of hydrogen-bond donors (Lipinski definition) is 0. The highest BCUT2D eigenvalue weighted by molar-refractivity contribution is 7.20. The maximum atomic E-state index is 5.60. The summed E-state index contributed by atoms with van der Waals surface area (Å²) in [5.74, 6) is 1.87. The van der Waals surface area contributed by atoms with E-state index in [-0.39, 0.29) is 11.0 Å². The zero-order chi connectivity index (χ0) is 43.6. The van der Waals surface area contributed by atoms with Crippen molar-refractivity contribution in [2.24, 2.45) is 0 Å². The molecule has 0 spiro atoms. The molecular weight excluding hydrogens is 809 g/mol. The molecule has 6 nitrogen and oxygen atoms in total. The van der Waals surface area contributed by atoms with E-state index in [1.54, 1.807) is 0 Å². The molecule has 0 amide bonds. The highest BCUT2D eigenvalue weighted by Gasteiger charge is 2.58. The summed E-state index contributed by atoms with van der Waals surface area (Å²) in [6, 6.07) is 70.7. The number of nitrogens with zero attached hydrogens (tertiary/aromatic N) is 6. The second kappa shape index (κ2) is 15.4. The molecule has 0 saturated heterocycles. The largest absolute Gasteiger partial charge is 0.302 e. The lowest BCUT2D eigenvalue weighted by molar-refractivity contribution is 0.193. The van der Waals surface area contributed by atoms with Crippen LogP contribution < -0.4 is 25.6 Å². The third-order valence-corrected chi connectivity index (χ3v) is 19.6. The number of para-hydroxylation sites is 2. The summed E-state index contributed by atoms with van der Waals surface area (Å²) in [6.45, 7) is 4.86. The van der Waals surface area contributed by atoms with E-state index in [2.05, 4.69) is 217 Å². The summed E-state index contributed by atoms with van der Waals surface area (Å²) in [7, 11) is -2.99. The van der Waals surface area contributed by atoms with E-state index < -0.39 is 8.07 Å². The molecule has 1 saturated carbocycles. The van der Waals surface area contributed by atoms with E-state index in [4.69, 9.17) is 19.9 Å². The van der Waals surface area contributed by atoms with Crippen molar-refractivity contribution in [3.8, 4) is 28.5 Å². The Morgan fingerprint density at radius 2 is 1.00 bits per heavy atom. The Balaban J connectivity index is 1.13. The SMILES string of the molecule is CC12CCCCC1(C)N(c1nc(-c3cccc([Si](c4ccccc4)(c4ccccc4)c4cccc(-c5ccccc5)c4)c3)nc(-n3c4ccccc4c4ccccc43)n1)c1cnccc12. The van der Waals surface area contributed by atoms with Crippen molar-refractivity contribution in [2.75, 3.05) is 4.90 Å². The molecule has 2 unspecified atom stereocenters. The van der Waals surface area contributed by atoms with Gasteiger partial charge in [-0.3, -0.25) is 9.55 Å². The third kappa shape index (κ3) is 5.99. The molecule has 1 aliphatic heterocycles. The summed E-state index contributed by atoms with van der Waals surface area (Å²) < 4.78 is 2.23. The number of aromatic nitrogens is 5. The zero-order valence-electron chi connectivity index (χ0n) is 36.6. The van der Waals surface area contributed by atoms with Crippen LogP contribution in [-0.4, -0.2) is 38.1 Å². The lowest BCUT2D eigenvalue weighted by atomic mass is 9.62. The molecule has 1 aliphatic carbocycles. The van der Waals surface area contributed by atoms with Crippen LogP contribution in [0.1, 0.15) is 45.1 Å².